The van der Waals surface area contributed by atoms with Crippen LogP contribution in [0.1, 0.15) is 5.56 Å². The fraction of sp³-hybridized carbons (Fsp3) is 0.417. The summed E-state index contributed by atoms with van der Waals surface area (Å²) in [6.45, 7) is 4.47. The van der Waals surface area contributed by atoms with Crippen molar-refractivity contribution in [1.29, 1.82) is 0 Å². The highest BCUT2D eigenvalue weighted by molar-refractivity contribution is 5.95. The molecule has 1 aromatic rings. The summed E-state index contributed by atoms with van der Waals surface area (Å²) in [6.07, 6.45) is 0. The fourth-order valence-corrected chi connectivity index (χ4v) is 1.79. The number of hydrogen-bond donors (Lipinski definition) is 3. The predicted octanol–water partition coefficient (Wildman–Crippen LogP) is 0.495. The van der Waals surface area contributed by atoms with E-state index in [1.54, 1.807) is 0 Å². The van der Waals surface area contributed by atoms with Crippen LogP contribution in [0.2, 0.25) is 0 Å². The smallest absolute Gasteiger partial charge is 0.242 e. The average Bonchev–Trinajstić information content (AvgIpc) is 2.30. The van der Waals surface area contributed by atoms with Crippen molar-refractivity contribution in [3.05, 3.63) is 29.8 Å². The number of carbonyl (C=O) groups is 1. The Labute approximate surface area is 95.4 Å². The van der Waals surface area contributed by atoms with Crippen LogP contribution in [0, 0.1) is 6.92 Å². The second kappa shape index (κ2) is 5.09. The standard InChI is InChI=1S/C12H17N3O/c1-9-3-2-4-10(7-9)15-12(16)11-8-13-5-6-14-11/h2-4,7,11,13-14H,5-6,8H2,1H3,(H,15,16). The molecule has 1 amide bonds. The third-order valence-electron chi connectivity index (χ3n) is 2.64. The van der Waals surface area contributed by atoms with E-state index in [4.69, 9.17) is 0 Å². The van der Waals surface area contributed by atoms with Gasteiger partial charge in [-0.05, 0) is 24.6 Å². The lowest BCUT2D eigenvalue weighted by molar-refractivity contribution is -0.118. The molecule has 0 saturated carbocycles. The van der Waals surface area contributed by atoms with Gasteiger partial charge in [-0.25, -0.2) is 0 Å². The zero-order chi connectivity index (χ0) is 11.4. The zero-order valence-electron chi connectivity index (χ0n) is 9.42. The van der Waals surface area contributed by atoms with Gasteiger partial charge in [0, 0.05) is 25.3 Å². The first-order valence-corrected chi connectivity index (χ1v) is 5.57. The molecule has 1 aliphatic rings. The van der Waals surface area contributed by atoms with Gasteiger partial charge >= 0.3 is 0 Å². The maximum atomic E-state index is 11.9. The molecular weight excluding hydrogens is 202 g/mol. The highest BCUT2D eigenvalue weighted by Gasteiger charge is 2.19. The molecule has 0 radical (unpaired) electrons. The fourth-order valence-electron chi connectivity index (χ4n) is 1.79. The maximum Gasteiger partial charge on any atom is 0.242 e. The summed E-state index contributed by atoms with van der Waals surface area (Å²) in [4.78, 5) is 11.9. The Morgan fingerprint density at radius 2 is 2.31 bits per heavy atom. The Morgan fingerprint density at radius 1 is 1.44 bits per heavy atom. The molecule has 1 atom stereocenters. The van der Waals surface area contributed by atoms with Gasteiger partial charge in [0.05, 0.1) is 6.04 Å². The van der Waals surface area contributed by atoms with Crippen LogP contribution in [0.4, 0.5) is 5.69 Å². The molecule has 0 aromatic heterocycles. The summed E-state index contributed by atoms with van der Waals surface area (Å²) in [5.74, 6) is 0.0257. The van der Waals surface area contributed by atoms with E-state index in [0.29, 0.717) is 6.54 Å². The van der Waals surface area contributed by atoms with Crippen LogP contribution in [0.3, 0.4) is 0 Å². The van der Waals surface area contributed by atoms with Crippen LogP contribution in [-0.2, 0) is 4.79 Å². The minimum Gasteiger partial charge on any atom is -0.325 e. The first-order chi connectivity index (χ1) is 7.75. The summed E-state index contributed by atoms with van der Waals surface area (Å²) in [6, 6.07) is 7.69. The van der Waals surface area contributed by atoms with Crippen molar-refractivity contribution in [1.82, 2.24) is 10.6 Å². The van der Waals surface area contributed by atoms with Gasteiger partial charge < -0.3 is 16.0 Å². The minimum absolute atomic E-state index is 0.0257. The van der Waals surface area contributed by atoms with E-state index in [-0.39, 0.29) is 11.9 Å². The third kappa shape index (κ3) is 2.81. The molecule has 0 aliphatic carbocycles. The molecule has 3 N–H and O–H groups in total. The van der Waals surface area contributed by atoms with E-state index in [1.165, 1.54) is 0 Å². The monoisotopic (exact) mass is 219 g/mol. The van der Waals surface area contributed by atoms with Crippen LogP contribution in [0.5, 0.6) is 0 Å². The first kappa shape index (κ1) is 11.1. The highest BCUT2D eigenvalue weighted by atomic mass is 16.2. The molecule has 0 spiro atoms. The summed E-state index contributed by atoms with van der Waals surface area (Å²) >= 11 is 0. The number of rotatable bonds is 2. The molecule has 1 unspecified atom stereocenters. The summed E-state index contributed by atoms with van der Waals surface area (Å²) in [5, 5.41) is 9.28. The Balaban J connectivity index is 1.96. The van der Waals surface area contributed by atoms with Gasteiger partial charge in [-0.1, -0.05) is 12.1 Å². The topological polar surface area (TPSA) is 53.2 Å². The third-order valence-corrected chi connectivity index (χ3v) is 2.64. The molecule has 1 fully saturated rings. The normalized spacial score (nSPS) is 20.4. The molecule has 4 heteroatoms. The summed E-state index contributed by atoms with van der Waals surface area (Å²) in [7, 11) is 0. The molecule has 2 rings (SSSR count). The number of amides is 1. The van der Waals surface area contributed by atoms with Gasteiger partial charge in [-0.2, -0.15) is 0 Å². The SMILES string of the molecule is Cc1cccc(NC(=O)C2CNCCN2)c1. The van der Waals surface area contributed by atoms with Gasteiger partial charge in [-0.15, -0.1) is 0 Å². The Bertz CT molecular complexity index is 372. The van der Waals surface area contributed by atoms with E-state index < -0.39 is 0 Å². The number of carbonyl (C=O) groups excluding carboxylic acids is 1. The first-order valence-electron chi connectivity index (χ1n) is 5.57. The molecule has 1 saturated heterocycles. The lowest BCUT2D eigenvalue weighted by atomic mass is 10.2. The van der Waals surface area contributed by atoms with Gasteiger partial charge in [0.15, 0.2) is 0 Å². The number of nitrogens with one attached hydrogen (secondary N) is 3. The summed E-state index contributed by atoms with van der Waals surface area (Å²) in [5.41, 5.74) is 2.00. The molecule has 16 heavy (non-hydrogen) atoms. The highest BCUT2D eigenvalue weighted by Crippen LogP contribution is 2.09. The second-order valence-corrected chi connectivity index (χ2v) is 4.07. The Kier molecular flexibility index (Phi) is 3.54. The van der Waals surface area contributed by atoms with Crippen LogP contribution >= 0.6 is 0 Å². The predicted molar refractivity (Wildman–Crippen MR) is 64.5 cm³/mol. The minimum atomic E-state index is -0.130. The van der Waals surface area contributed by atoms with Crippen molar-refractivity contribution in [2.75, 3.05) is 25.0 Å². The second-order valence-electron chi connectivity index (χ2n) is 4.07. The van der Waals surface area contributed by atoms with Gasteiger partial charge in [-0.3, -0.25) is 4.79 Å². The van der Waals surface area contributed by atoms with E-state index in [0.717, 1.165) is 24.3 Å². The average molecular weight is 219 g/mol. The zero-order valence-corrected chi connectivity index (χ0v) is 9.42. The number of benzene rings is 1. The van der Waals surface area contributed by atoms with Crippen molar-refractivity contribution >= 4 is 11.6 Å². The van der Waals surface area contributed by atoms with Crippen molar-refractivity contribution in [3.63, 3.8) is 0 Å². The molecular formula is C12H17N3O. The van der Waals surface area contributed by atoms with Crippen molar-refractivity contribution in [2.24, 2.45) is 0 Å². The van der Waals surface area contributed by atoms with Crippen LogP contribution in [-0.4, -0.2) is 31.6 Å². The van der Waals surface area contributed by atoms with E-state index in [9.17, 15) is 4.79 Å². The summed E-state index contributed by atoms with van der Waals surface area (Å²) < 4.78 is 0. The lowest BCUT2D eigenvalue weighted by Crippen LogP contribution is -2.54. The quantitative estimate of drug-likeness (QED) is 0.678. The number of aryl methyl sites for hydroxylation is 1. The Morgan fingerprint density at radius 3 is 3.00 bits per heavy atom. The maximum absolute atomic E-state index is 11.9. The molecule has 1 aliphatic heterocycles. The van der Waals surface area contributed by atoms with Gasteiger partial charge in [0.2, 0.25) is 5.91 Å². The van der Waals surface area contributed by atoms with Crippen molar-refractivity contribution < 1.29 is 4.79 Å². The number of hydrogen-bond acceptors (Lipinski definition) is 3. The van der Waals surface area contributed by atoms with E-state index in [1.807, 2.05) is 31.2 Å². The molecule has 4 nitrogen and oxygen atoms in total. The van der Waals surface area contributed by atoms with Crippen LogP contribution < -0.4 is 16.0 Å². The molecule has 1 aromatic carbocycles. The Hall–Kier alpha value is -1.39. The van der Waals surface area contributed by atoms with Crippen LogP contribution in [0.15, 0.2) is 24.3 Å². The largest absolute Gasteiger partial charge is 0.325 e. The van der Waals surface area contributed by atoms with Crippen LogP contribution in [0.25, 0.3) is 0 Å². The van der Waals surface area contributed by atoms with E-state index in [2.05, 4.69) is 16.0 Å². The molecule has 0 bridgehead atoms. The van der Waals surface area contributed by atoms with Gasteiger partial charge in [0.1, 0.15) is 0 Å². The van der Waals surface area contributed by atoms with Crippen molar-refractivity contribution in [3.8, 4) is 0 Å². The van der Waals surface area contributed by atoms with E-state index >= 15 is 0 Å². The number of anilines is 1. The number of piperazine rings is 1. The van der Waals surface area contributed by atoms with Gasteiger partial charge in [0.25, 0.3) is 0 Å². The molecule has 86 valence electrons. The lowest BCUT2D eigenvalue weighted by Gasteiger charge is -2.23. The molecule has 1 heterocycles. The van der Waals surface area contributed by atoms with Crippen molar-refractivity contribution in [2.45, 2.75) is 13.0 Å².